The number of nitrogens with one attached hydrogen (secondary N) is 1. The summed E-state index contributed by atoms with van der Waals surface area (Å²) in [5, 5.41) is 2.62. The maximum absolute atomic E-state index is 12.3. The number of hydrogen-bond donors (Lipinski definition) is 1. The van der Waals surface area contributed by atoms with Crippen LogP contribution in [0.1, 0.15) is 27.6 Å². The van der Waals surface area contributed by atoms with Crippen LogP contribution in [-0.2, 0) is 4.79 Å². The Balaban J connectivity index is 1.72. The minimum Gasteiger partial charge on any atom is -0.497 e. The minimum atomic E-state index is -0.496. The van der Waals surface area contributed by atoms with Gasteiger partial charge in [-0.1, -0.05) is 0 Å². The normalized spacial score (nSPS) is 11.6. The third-order valence-electron chi connectivity index (χ3n) is 3.87. The first-order valence-corrected chi connectivity index (χ1v) is 8.02. The first kappa shape index (κ1) is 18.2. The second-order valence-electron chi connectivity index (χ2n) is 5.67. The van der Waals surface area contributed by atoms with Gasteiger partial charge in [-0.05, 0) is 31.2 Å². The molecule has 8 nitrogen and oxygen atoms in total. The summed E-state index contributed by atoms with van der Waals surface area (Å²) in [7, 11) is 1.48. The zero-order valence-electron chi connectivity index (χ0n) is 14.7. The summed E-state index contributed by atoms with van der Waals surface area (Å²) in [6, 6.07) is 7.71. The molecule has 1 aliphatic rings. The second-order valence-corrected chi connectivity index (χ2v) is 5.67. The van der Waals surface area contributed by atoms with Gasteiger partial charge in [-0.15, -0.1) is 0 Å². The van der Waals surface area contributed by atoms with Gasteiger partial charge in [0.15, 0.2) is 30.2 Å². The highest BCUT2D eigenvalue weighted by Crippen LogP contribution is 2.37. The Morgan fingerprint density at radius 2 is 1.93 bits per heavy atom. The van der Waals surface area contributed by atoms with Crippen LogP contribution >= 0.6 is 0 Å². The molecule has 1 amide bonds. The number of hydrogen-bond acceptors (Lipinski definition) is 7. The van der Waals surface area contributed by atoms with Gasteiger partial charge in [-0.3, -0.25) is 14.4 Å². The summed E-state index contributed by atoms with van der Waals surface area (Å²) in [5.41, 5.74) is 0.853. The molecule has 0 fully saturated rings. The van der Waals surface area contributed by atoms with E-state index in [0.29, 0.717) is 34.8 Å². The second kappa shape index (κ2) is 7.77. The lowest BCUT2D eigenvalue weighted by Crippen LogP contribution is -2.21. The van der Waals surface area contributed by atoms with Crippen molar-refractivity contribution >= 4 is 23.7 Å². The lowest BCUT2D eigenvalue weighted by molar-refractivity contribution is -0.118. The van der Waals surface area contributed by atoms with E-state index in [1.165, 1.54) is 38.3 Å². The molecule has 3 rings (SSSR count). The summed E-state index contributed by atoms with van der Waals surface area (Å²) in [4.78, 5) is 35.3. The Labute approximate surface area is 155 Å². The van der Waals surface area contributed by atoms with Crippen LogP contribution in [0.15, 0.2) is 30.3 Å². The van der Waals surface area contributed by atoms with Crippen molar-refractivity contribution in [3.05, 3.63) is 41.5 Å². The fourth-order valence-corrected chi connectivity index (χ4v) is 2.54. The van der Waals surface area contributed by atoms with E-state index in [1.807, 2.05) is 0 Å². The predicted octanol–water partition coefficient (Wildman–Crippen LogP) is 2.46. The molecule has 0 atom stereocenters. The van der Waals surface area contributed by atoms with E-state index in [-0.39, 0.29) is 30.5 Å². The quantitative estimate of drug-likeness (QED) is 0.589. The number of aldehydes is 1. The van der Waals surface area contributed by atoms with Gasteiger partial charge in [0, 0.05) is 11.6 Å². The molecule has 0 saturated carbocycles. The number of anilines is 1. The highest BCUT2D eigenvalue weighted by molar-refractivity contribution is 6.04. The molecule has 2 aromatic carbocycles. The SMILES string of the molecule is COc1ccc(OCC(=O)Nc2cc3c(cc2C(C)=O)OCO3)c(C=O)c1. The number of methoxy groups -OCH3 is 1. The van der Waals surface area contributed by atoms with Crippen LogP contribution in [0.4, 0.5) is 5.69 Å². The van der Waals surface area contributed by atoms with E-state index in [9.17, 15) is 14.4 Å². The van der Waals surface area contributed by atoms with Gasteiger partial charge in [-0.25, -0.2) is 0 Å². The molecule has 1 heterocycles. The monoisotopic (exact) mass is 371 g/mol. The van der Waals surface area contributed by atoms with Gasteiger partial charge < -0.3 is 24.3 Å². The molecule has 140 valence electrons. The average molecular weight is 371 g/mol. The van der Waals surface area contributed by atoms with Gasteiger partial charge in [0.1, 0.15) is 11.5 Å². The maximum atomic E-state index is 12.3. The van der Waals surface area contributed by atoms with Crippen LogP contribution in [0.5, 0.6) is 23.0 Å². The molecule has 8 heteroatoms. The van der Waals surface area contributed by atoms with E-state index in [1.54, 1.807) is 6.07 Å². The third kappa shape index (κ3) is 4.00. The molecule has 0 bridgehead atoms. The van der Waals surface area contributed by atoms with Crippen molar-refractivity contribution in [3.8, 4) is 23.0 Å². The van der Waals surface area contributed by atoms with Crippen molar-refractivity contribution in [2.24, 2.45) is 0 Å². The third-order valence-corrected chi connectivity index (χ3v) is 3.87. The van der Waals surface area contributed by atoms with Crippen molar-refractivity contribution in [1.29, 1.82) is 0 Å². The number of carbonyl (C=O) groups is 3. The predicted molar refractivity (Wildman–Crippen MR) is 95.1 cm³/mol. The number of amides is 1. The number of rotatable bonds is 7. The van der Waals surface area contributed by atoms with Crippen LogP contribution < -0.4 is 24.3 Å². The molecule has 2 aromatic rings. The lowest BCUT2D eigenvalue weighted by Gasteiger charge is -2.12. The van der Waals surface area contributed by atoms with Crippen LogP contribution in [0.25, 0.3) is 0 Å². The van der Waals surface area contributed by atoms with Gasteiger partial charge in [-0.2, -0.15) is 0 Å². The summed E-state index contributed by atoms with van der Waals surface area (Å²) < 4.78 is 21.0. The van der Waals surface area contributed by atoms with E-state index in [0.717, 1.165) is 0 Å². The number of Topliss-reactive ketones (excluding diaryl/α,β-unsaturated/α-hetero) is 1. The molecule has 0 radical (unpaired) electrons. The first-order valence-electron chi connectivity index (χ1n) is 8.02. The standard InChI is InChI=1S/C19H17NO7/c1-11(22)14-6-17-18(27-10-26-17)7-15(14)20-19(23)9-25-16-4-3-13(24-2)5-12(16)8-21/h3-8H,9-10H2,1-2H3,(H,20,23). The molecular weight excluding hydrogens is 354 g/mol. The molecule has 1 N–H and O–H groups in total. The zero-order chi connectivity index (χ0) is 19.4. The summed E-state index contributed by atoms with van der Waals surface area (Å²) in [5.74, 6) is 0.906. The first-order chi connectivity index (χ1) is 13.0. The summed E-state index contributed by atoms with van der Waals surface area (Å²) in [6.45, 7) is 1.09. The highest BCUT2D eigenvalue weighted by Gasteiger charge is 2.20. The van der Waals surface area contributed by atoms with E-state index in [4.69, 9.17) is 18.9 Å². The molecule has 1 aliphatic heterocycles. The van der Waals surface area contributed by atoms with Crippen molar-refractivity contribution < 1.29 is 33.3 Å². The van der Waals surface area contributed by atoms with Crippen LogP contribution in [0, 0.1) is 0 Å². The number of benzene rings is 2. The Hall–Kier alpha value is -3.55. The molecule has 0 saturated heterocycles. The van der Waals surface area contributed by atoms with Gasteiger partial charge in [0.2, 0.25) is 6.79 Å². The van der Waals surface area contributed by atoms with Crippen molar-refractivity contribution in [2.45, 2.75) is 6.92 Å². The van der Waals surface area contributed by atoms with E-state index in [2.05, 4.69) is 5.32 Å². The zero-order valence-corrected chi connectivity index (χ0v) is 14.7. The topological polar surface area (TPSA) is 100 Å². The molecular formula is C19H17NO7. The van der Waals surface area contributed by atoms with Crippen molar-refractivity contribution in [1.82, 2.24) is 0 Å². The maximum Gasteiger partial charge on any atom is 0.262 e. The summed E-state index contributed by atoms with van der Waals surface area (Å²) in [6.07, 6.45) is 0.613. The van der Waals surface area contributed by atoms with E-state index >= 15 is 0 Å². The van der Waals surface area contributed by atoms with Crippen molar-refractivity contribution in [2.75, 3.05) is 25.8 Å². The Bertz CT molecular complexity index is 907. The van der Waals surface area contributed by atoms with Gasteiger partial charge in [0.05, 0.1) is 18.4 Å². The fraction of sp³-hybridized carbons (Fsp3) is 0.211. The van der Waals surface area contributed by atoms with Crippen molar-refractivity contribution in [3.63, 3.8) is 0 Å². The molecule has 0 aliphatic carbocycles. The van der Waals surface area contributed by atoms with E-state index < -0.39 is 5.91 Å². The van der Waals surface area contributed by atoms with Crippen LogP contribution in [0.3, 0.4) is 0 Å². The summed E-state index contributed by atoms with van der Waals surface area (Å²) >= 11 is 0. The lowest BCUT2D eigenvalue weighted by atomic mass is 10.1. The molecule has 0 unspecified atom stereocenters. The Kier molecular flexibility index (Phi) is 5.25. The number of ether oxygens (including phenoxy) is 4. The van der Waals surface area contributed by atoms with Gasteiger partial charge >= 0.3 is 0 Å². The molecule has 0 spiro atoms. The Morgan fingerprint density at radius 3 is 2.59 bits per heavy atom. The largest absolute Gasteiger partial charge is 0.497 e. The average Bonchev–Trinajstić information content (AvgIpc) is 3.12. The van der Waals surface area contributed by atoms with Gasteiger partial charge in [0.25, 0.3) is 5.91 Å². The minimum absolute atomic E-state index is 0.0547. The number of ketones is 1. The number of fused-ring (bicyclic) bond motifs is 1. The highest BCUT2D eigenvalue weighted by atomic mass is 16.7. The number of carbonyl (C=O) groups excluding carboxylic acids is 3. The Morgan fingerprint density at radius 1 is 1.19 bits per heavy atom. The molecule has 27 heavy (non-hydrogen) atoms. The fourth-order valence-electron chi connectivity index (χ4n) is 2.54. The van der Waals surface area contributed by atoms with Crippen LogP contribution in [-0.4, -0.2) is 38.5 Å². The smallest absolute Gasteiger partial charge is 0.262 e. The molecule has 0 aromatic heterocycles. The van der Waals surface area contributed by atoms with Crippen LogP contribution in [0.2, 0.25) is 0 Å².